The Morgan fingerprint density at radius 3 is 0.872 bits per heavy atom. The summed E-state index contributed by atoms with van der Waals surface area (Å²) >= 11 is 0. The van der Waals surface area contributed by atoms with Gasteiger partial charge in [0.2, 0.25) is 0 Å². The second-order valence-corrected chi connectivity index (χ2v) is 13.9. The van der Waals surface area contributed by atoms with Crippen LogP contribution in [0.3, 0.4) is 0 Å². The zero-order valence-electron chi connectivity index (χ0n) is 28.7. The molecule has 2 aliphatic rings. The maximum Gasteiger partial charge on any atom is 0.167 e. The molecule has 0 amide bonds. The molecule has 248 valence electrons. The summed E-state index contributed by atoms with van der Waals surface area (Å²) < 4.78 is 43.3. The van der Waals surface area contributed by atoms with Gasteiger partial charge in [0.05, 0.1) is 28.4 Å². The molecule has 0 bridgehead atoms. The first-order valence-corrected chi connectivity index (χ1v) is 16.1. The molecule has 0 radical (unpaired) electrons. The smallest absolute Gasteiger partial charge is 0.167 e. The van der Waals surface area contributed by atoms with Gasteiger partial charge in [0, 0.05) is 10.8 Å². The van der Waals surface area contributed by atoms with Gasteiger partial charge in [-0.2, -0.15) is 0 Å². The molecular formula is C40H46O7. The number of ether oxygens (including phenoxy) is 7. The van der Waals surface area contributed by atoms with Crippen LogP contribution >= 0.6 is 0 Å². The van der Waals surface area contributed by atoms with Crippen molar-refractivity contribution in [1.29, 1.82) is 0 Å². The Morgan fingerprint density at radius 1 is 0.426 bits per heavy atom. The van der Waals surface area contributed by atoms with E-state index in [-0.39, 0.29) is 10.8 Å². The van der Waals surface area contributed by atoms with Crippen LogP contribution in [0.5, 0.6) is 23.0 Å². The standard InChI is InChI=1S/C40H46O7/c1-37(2)25-39(27-9-17-31(41-5)18-10-27,28-11-19-32(42-6)20-12-28)46-35(37)45-36-38(3,4)26-40(47-36,29-13-21-33(43-7)22-14-29)30-15-23-34(44-8)24-16-30/h9-24,35-36H,25-26H2,1-8H3/t35-,36-/m0/s1. The van der Waals surface area contributed by atoms with E-state index in [1.54, 1.807) is 28.4 Å². The molecule has 0 unspecified atom stereocenters. The molecule has 0 aromatic heterocycles. The molecule has 7 heteroatoms. The Hall–Kier alpha value is -4.04. The maximum absolute atomic E-state index is 7.16. The highest BCUT2D eigenvalue weighted by molar-refractivity contribution is 5.44. The van der Waals surface area contributed by atoms with Gasteiger partial charge in [-0.05, 0) is 83.6 Å². The molecule has 4 aromatic carbocycles. The van der Waals surface area contributed by atoms with Crippen LogP contribution in [0.4, 0.5) is 0 Å². The van der Waals surface area contributed by atoms with E-state index in [0.29, 0.717) is 12.8 Å². The van der Waals surface area contributed by atoms with E-state index in [0.717, 1.165) is 45.3 Å². The molecule has 2 aliphatic heterocycles. The van der Waals surface area contributed by atoms with E-state index in [2.05, 4.69) is 76.2 Å². The predicted octanol–water partition coefficient (Wildman–Crippen LogP) is 8.47. The van der Waals surface area contributed by atoms with Gasteiger partial charge in [-0.3, -0.25) is 0 Å². The minimum atomic E-state index is -0.765. The summed E-state index contributed by atoms with van der Waals surface area (Å²) in [5, 5.41) is 0. The van der Waals surface area contributed by atoms with Gasteiger partial charge in [0.15, 0.2) is 12.6 Å². The number of hydrogen-bond donors (Lipinski definition) is 0. The van der Waals surface area contributed by atoms with Crippen LogP contribution in [-0.2, 0) is 25.4 Å². The molecule has 0 spiro atoms. The molecule has 0 saturated carbocycles. The third-order valence-electron chi connectivity index (χ3n) is 9.77. The topological polar surface area (TPSA) is 64.6 Å². The van der Waals surface area contributed by atoms with E-state index in [1.807, 2.05) is 48.5 Å². The number of methoxy groups -OCH3 is 4. The number of hydrogen-bond acceptors (Lipinski definition) is 7. The van der Waals surface area contributed by atoms with Gasteiger partial charge in [-0.15, -0.1) is 0 Å². The Morgan fingerprint density at radius 2 is 0.660 bits per heavy atom. The van der Waals surface area contributed by atoms with Crippen molar-refractivity contribution in [1.82, 2.24) is 0 Å². The molecule has 0 N–H and O–H groups in total. The van der Waals surface area contributed by atoms with Crippen molar-refractivity contribution >= 4 is 0 Å². The summed E-state index contributed by atoms with van der Waals surface area (Å²) in [5.41, 5.74) is 1.84. The lowest BCUT2D eigenvalue weighted by Gasteiger charge is -2.34. The van der Waals surface area contributed by atoms with Gasteiger partial charge in [-0.25, -0.2) is 0 Å². The normalized spacial score (nSPS) is 22.0. The maximum atomic E-state index is 7.16. The van der Waals surface area contributed by atoms with Crippen LogP contribution in [0.1, 0.15) is 62.8 Å². The lowest BCUT2D eigenvalue weighted by molar-refractivity contribution is -0.289. The summed E-state index contributed by atoms with van der Waals surface area (Å²) in [6.45, 7) is 8.81. The van der Waals surface area contributed by atoms with Gasteiger partial charge in [-0.1, -0.05) is 76.2 Å². The number of rotatable bonds is 10. The number of benzene rings is 4. The summed E-state index contributed by atoms with van der Waals surface area (Å²) in [4.78, 5) is 0. The second-order valence-electron chi connectivity index (χ2n) is 13.9. The van der Waals surface area contributed by atoms with Crippen LogP contribution in [-0.4, -0.2) is 41.0 Å². The zero-order valence-corrected chi connectivity index (χ0v) is 28.7. The fourth-order valence-electron chi connectivity index (χ4n) is 7.21. The summed E-state index contributed by atoms with van der Waals surface area (Å²) in [6, 6.07) is 32.5. The minimum absolute atomic E-state index is 0.370. The predicted molar refractivity (Wildman–Crippen MR) is 181 cm³/mol. The van der Waals surface area contributed by atoms with Crippen molar-refractivity contribution < 1.29 is 33.2 Å². The van der Waals surface area contributed by atoms with Crippen molar-refractivity contribution in [3.05, 3.63) is 119 Å². The van der Waals surface area contributed by atoms with Crippen molar-refractivity contribution in [3.8, 4) is 23.0 Å². The first-order valence-electron chi connectivity index (χ1n) is 16.1. The van der Waals surface area contributed by atoms with Crippen molar-refractivity contribution in [3.63, 3.8) is 0 Å². The molecular weight excluding hydrogens is 592 g/mol. The minimum Gasteiger partial charge on any atom is -0.497 e. The van der Waals surface area contributed by atoms with Gasteiger partial charge >= 0.3 is 0 Å². The van der Waals surface area contributed by atoms with Gasteiger partial charge in [0.1, 0.15) is 34.2 Å². The van der Waals surface area contributed by atoms with Crippen molar-refractivity contribution in [2.75, 3.05) is 28.4 Å². The third kappa shape index (κ3) is 5.97. The molecule has 7 nitrogen and oxygen atoms in total. The van der Waals surface area contributed by atoms with Crippen LogP contribution in [0, 0.1) is 10.8 Å². The van der Waals surface area contributed by atoms with Crippen molar-refractivity contribution in [2.24, 2.45) is 10.8 Å². The third-order valence-corrected chi connectivity index (χ3v) is 9.77. The highest BCUT2D eigenvalue weighted by Crippen LogP contribution is 2.58. The Balaban J connectivity index is 1.38. The average Bonchev–Trinajstić information content (AvgIpc) is 3.54. The highest BCUT2D eigenvalue weighted by Gasteiger charge is 2.59. The SMILES string of the molecule is COc1ccc(C2(c3ccc(OC)cc3)CC(C)(C)[C@@H](O[C@H]3OC(c4ccc(OC)cc4)(c4ccc(OC)cc4)CC3(C)C)O2)cc1. The van der Waals surface area contributed by atoms with Crippen LogP contribution in [0.15, 0.2) is 97.1 Å². The van der Waals surface area contributed by atoms with E-state index in [4.69, 9.17) is 33.2 Å². The zero-order chi connectivity index (χ0) is 33.5. The van der Waals surface area contributed by atoms with Gasteiger partial charge in [0.25, 0.3) is 0 Å². The van der Waals surface area contributed by atoms with E-state index in [1.165, 1.54) is 0 Å². The summed E-state index contributed by atoms with van der Waals surface area (Å²) in [5.74, 6) is 3.16. The second kappa shape index (κ2) is 12.5. The van der Waals surface area contributed by atoms with Gasteiger partial charge < -0.3 is 33.2 Å². The average molecular weight is 639 g/mol. The molecule has 2 saturated heterocycles. The molecule has 6 rings (SSSR count). The molecule has 2 atom stereocenters. The summed E-state index contributed by atoms with van der Waals surface area (Å²) in [7, 11) is 6.70. The fourth-order valence-corrected chi connectivity index (χ4v) is 7.21. The van der Waals surface area contributed by atoms with Crippen LogP contribution in [0.2, 0.25) is 0 Å². The Kier molecular flexibility index (Phi) is 8.77. The molecule has 47 heavy (non-hydrogen) atoms. The monoisotopic (exact) mass is 638 g/mol. The van der Waals surface area contributed by atoms with Crippen molar-refractivity contribution in [2.45, 2.75) is 64.3 Å². The largest absolute Gasteiger partial charge is 0.497 e. The molecule has 2 fully saturated rings. The molecule has 0 aliphatic carbocycles. The Labute approximate surface area is 278 Å². The lowest BCUT2D eigenvalue weighted by atomic mass is 9.75. The molecule has 2 heterocycles. The first-order chi connectivity index (χ1) is 22.5. The van der Waals surface area contributed by atoms with E-state index >= 15 is 0 Å². The molecule has 4 aromatic rings. The van der Waals surface area contributed by atoms with E-state index in [9.17, 15) is 0 Å². The first kappa shape index (κ1) is 32.9. The Bertz CT molecular complexity index is 1420. The quantitative estimate of drug-likeness (QED) is 0.173. The fraction of sp³-hybridized carbons (Fsp3) is 0.400. The van der Waals surface area contributed by atoms with E-state index < -0.39 is 23.8 Å². The van der Waals surface area contributed by atoms with Crippen LogP contribution in [0.25, 0.3) is 0 Å². The summed E-state index contributed by atoms with van der Waals surface area (Å²) in [6.07, 6.45) is 0.244. The lowest BCUT2D eigenvalue weighted by Crippen LogP contribution is -2.38. The van der Waals surface area contributed by atoms with Crippen LogP contribution < -0.4 is 18.9 Å². The highest BCUT2D eigenvalue weighted by atomic mass is 16.8.